The highest BCUT2D eigenvalue weighted by molar-refractivity contribution is 7.85. The summed E-state index contributed by atoms with van der Waals surface area (Å²) in [6.07, 6.45) is 0.931. The molecule has 0 saturated heterocycles. The fourth-order valence-electron chi connectivity index (χ4n) is 2.02. The van der Waals surface area contributed by atoms with Crippen molar-refractivity contribution in [3.63, 3.8) is 0 Å². The monoisotopic (exact) mass is 356 g/mol. The number of aliphatic hydroxyl groups excluding tert-OH is 1. The summed E-state index contributed by atoms with van der Waals surface area (Å²) in [5.41, 5.74) is -0.893. The summed E-state index contributed by atoms with van der Waals surface area (Å²) in [5.74, 6) is -2.94. The molecule has 1 aliphatic rings. The van der Waals surface area contributed by atoms with Gasteiger partial charge in [0.05, 0.1) is 29.3 Å². The van der Waals surface area contributed by atoms with Gasteiger partial charge in [-0.15, -0.1) is 0 Å². The van der Waals surface area contributed by atoms with Gasteiger partial charge >= 0.3 is 5.97 Å². The number of benzene rings is 1. The molecular weight excluding hydrogens is 344 g/mol. The summed E-state index contributed by atoms with van der Waals surface area (Å²) < 4.78 is 31.1. The van der Waals surface area contributed by atoms with Crippen molar-refractivity contribution in [2.24, 2.45) is 0 Å². The molecule has 1 aromatic rings. The summed E-state index contributed by atoms with van der Waals surface area (Å²) in [4.78, 5) is 35.0. The van der Waals surface area contributed by atoms with E-state index in [9.17, 15) is 22.8 Å². The molecule has 0 aromatic heterocycles. The maximum absolute atomic E-state index is 12.0. The van der Waals surface area contributed by atoms with Crippen LogP contribution in [-0.2, 0) is 19.7 Å². The lowest BCUT2D eigenvalue weighted by Gasteiger charge is -2.14. The molecule has 4 N–H and O–H groups in total. The summed E-state index contributed by atoms with van der Waals surface area (Å²) >= 11 is 0. The number of carbonyl (C=O) groups excluding carboxylic acids is 2. The number of imide groups is 1. The lowest BCUT2D eigenvalue weighted by molar-refractivity contribution is -0.137. The van der Waals surface area contributed by atoms with Gasteiger partial charge in [0.15, 0.2) is 0 Å². The Labute approximate surface area is 135 Å². The Hall–Kier alpha value is -2.76. The first-order valence-electron chi connectivity index (χ1n) is 6.45. The van der Waals surface area contributed by atoms with E-state index < -0.39 is 45.0 Å². The second kappa shape index (κ2) is 6.39. The van der Waals surface area contributed by atoms with Gasteiger partial charge in [0, 0.05) is 6.08 Å². The zero-order valence-electron chi connectivity index (χ0n) is 12.0. The molecule has 10 nitrogen and oxygen atoms in total. The van der Waals surface area contributed by atoms with Crippen LogP contribution in [0.3, 0.4) is 0 Å². The first kappa shape index (κ1) is 17.6. The minimum Gasteiger partial charge on any atom is -0.478 e. The lowest BCUT2D eigenvalue weighted by atomic mass is 10.1. The number of nitrogens with zero attached hydrogens (tertiary/aromatic N) is 1. The van der Waals surface area contributed by atoms with Crippen LogP contribution in [0.2, 0.25) is 0 Å². The molecule has 0 saturated carbocycles. The van der Waals surface area contributed by atoms with Crippen LogP contribution in [-0.4, -0.2) is 59.0 Å². The third kappa shape index (κ3) is 3.42. The van der Waals surface area contributed by atoms with Crippen molar-refractivity contribution in [3.05, 3.63) is 35.5 Å². The maximum Gasteiger partial charge on any atom is 0.337 e. The average molecular weight is 356 g/mol. The van der Waals surface area contributed by atoms with Gasteiger partial charge in [-0.2, -0.15) is 8.42 Å². The zero-order valence-corrected chi connectivity index (χ0v) is 12.8. The number of nitrogens with one attached hydrogen (secondary N) is 1. The summed E-state index contributed by atoms with van der Waals surface area (Å²) in [7, 11) is -4.60. The van der Waals surface area contributed by atoms with Crippen LogP contribution in [0.5, 0.6) is 0 Å². The Balaban J connectivity index is 2.37. The average Bonchev–Trinajstić information content (AvgIpc) is 2.74. The van der Waals surface area contributed by atoms with Crippen LogP contribution in [0.4, 0.5) is 5.69 Å². The van der Waals surface area contributed by atoms with E-state index in [2.05, 4.69) is 5.32 Å². The number of rotatable bonds is 6. The molecule has 0 atom stereocenters. The number of aliphatic hydroxyl groups is 1. The predicted octanol–water partition coefficient (Wildman–Crippen LogP) is -0.712. The van der Waals surface area contributed by atoms with Crippen molar-refractivity contribution in [2.75, 3.05) is 18.5 Å². The maximum atomic E-state index is 12.0. The summed E-state index contributed by atoms with van der Waals surface area (Å²) in [6, 6.07) is 2.70. The zero-order chi connectivity index (χ0) is 18.1. The normalized spacial score (nSPS) is 14.8. The summed E-state index contributed by atoms with van der Waals surface area (Å²) in [5, 5.41) is 20.4. The van der Waals surface area contributed by atoms with E-state index in [1.807, 2.05) is 0 Å². The molecule has 1 aromatic carbocycles. The Bertz CT molecular complexity index is 859. The Kier molecular flexibility index (Phi) is 4.68. The van der Waals surface area contributed by atoms with Gasteiger partial charge in [-0.25, -0.2) is 4.79 Å². The van der Waals surface area contributed by atoms with Crippen LogP contribution < -0.4 is 5.32 Å². The van der Waals surface area contributed by atoms with E-state index >= 15 is 0 Å². The van der Waals surface area contributed by atoms with Crippen molar-refractivity contribution >= 4 is 33.6 Å². The fourth-order valence-corrected chi connectivity index (χ4v) is 2.53. The quantitative estimate of drug-likeness (QED) is 0.381. The molecule has 2 rings (SSSR count). The SMILES string of the molecule is O=C(O)c1cc(S(=O)(=O)O)ccc1NC1=CC(=O)N(CCO)C1=O. The number of carboxylic acids is 1. The number of amides is 2. The van der Waals surface area contributed by atoms with E-state index in [1.54, 1.807) is 0 Å². The van der Waals surface area contributed by atoms with Gasteiger partial charge in [-0.05, 0) is 18.2 Å². The number of hydrogen-bond donors (Lipinski definition) is 4. The molecule has 0 fully saturated rings. The molecule has 0 aliphatic carbocycles. The number of β-amino-alcohol motifs (C(OH)–C–C–N with tert-alkyl or cyclic N) is 1. The Morgan fingerprint density at radius 3 is 2.46 bits per heavy atom. The molecule has 1 aliphatic heterocycles. The molecule has 0 spiro atoms. The van der Waals surface area contributed by atoms with Gasteiger partial charge in [-0.1, -0.05) is 0 Å². The molecular formula is C13H12N2O8S. The topological polar surface area (TPSA) is 161 Å². The highest BCUT2D eigenvalue weighted by atomic mass is 32.2. The third-order valence-corrected chi connectivity index (χ3v) is 3.97. The van der Waals surface area contributed by atoms with E-state index in [1.165, 1.54) is 0 Å². The fraction of sp³-hybridized carbons (Fsp3) is 0.154. The highest BCUT2D eigenvalue weighted by Crippen LogP contribution is 2.24. The van der Waals surface area contributed by atoms with Gasteiger partial charge in [-0.3, -0.25) is 19.0 Å². The largest absolute Gasteiger partial charge is 0.478 e. The van der Waals surface area contributed by atoms with Crippen molar-refractivity contribution < 1.29 is 37.6 Å². The number of anilines is 1. The molecule has 11 heteroatoms. The number of carboxylic acid groups (broad SMARTS) is 1. The molecule has 0 unspecified atom stereocenters. The number of aromatic carboxylic acids is 1. The third-order valence-electron chi connectivity index (χ3n) is 3.12. The molecule has 128 valence electrons. The number of hydrogen-bond acceptors (Lipinski definition) is 7. The van der Waals surface area contributed by atoms with E-state index in [0.717, 1.165) is 23.1 Å². The smallest absolute Gasteiger partial charge is 0.337 e. The van der Waals surface area contributed by atoms with E-state index in [4.69, 9.17) is 14.8 Å². The standard InChI is InChI=1S/C13H12N2O8S/c16-4-3-15-11(17)6-10(12(15)18)14-9-2-1-7(24(21,22)23)5-8(9)13(19)20/h1-2,5-6,14,16H,3-4H2,(H,19,20)(H,21,22,23). The molecule has 24 heavy (non-hydrogen) atoms. The van der Waals surface area contributed by atoms with Crippen molar-refractivity contribution in [2.45, 2.75) is 4.90 Å². The summed E-state index contributed by atoms with van der Waals surface area (Å²) in [6.45, 7) is -0.644. The molecule has 0 bridgehead atoms. The highest BCUT2D eigenvalue weighted by Gasteiger charge is 2.31. The second-order valence-electron chi connectivity index (χ2n) is 4.69. The molecule has 0 radical (unpaired) electrons. The van der Waals surface area contributed by atoms with E-state index in [0.29, 0.717) is 6.07 Å². The minimum atomic E-state index is -4.60. The first-order valence-corrected chi connectivity index (χ1v) is 7.89. The minimum absolute atomic E-state index is 0.145. The van der Waals surface area contributed by atoms with Gasteiger partial charge in [0.1, 0.15) is 5.70 Å². The van der Waals surface area contributed by atoms with E-state index in [-0.39, 0.29) is 17.9 Å². The van der Waals surface area contributed by atoms with Crippen LogP contribution in [0.25, 0.3) is 0 Å². The van der Waals surface area contributed by atoms with Gasteiger partial charge < -0.3 is 15.5 Å². The Morgan fingerprint density at radius 2 is 1.92 bits per heavy atom. The Morgan fingerprint density at radius 1 is 1.25 bits per heavy atom. The van der Waals surface area contributed by atoms with Crippen LogP contribution in [0, 0.1) is 0 Å². The molecule has 1 heterocycles. The van der Waals surface area contributed by atoms with Crippen LogP contribution in [0.15, 0.2) is 34.9 Å². The van der Waals surface area contributed by atoms with Crippen molar-refractivity contribution in [1.29, 1.82) is 0 Å². The molecule has 2 amide bonds. The number of carbonyl (C=O) groups is 3. The van der Waals surface area contributed by atoms with Crippen LogP contribution >= 0.6 is 0 Å². The predicted molar refractivity (Wildman–Crippen MR) is 78.7 cm³/mol. The van der Waals surface area contributed by atoms with Gasteiger partial charge in [0.2, 0.25) is 0 Å². The van der Waals surface area contributed by atoms with Crippen molar-refractivity contribution in [3.8, 4) is 0 Å². The lowest BCUT2D eigenvalue weighted by Crippen LogP contribution is -2.34. The van der Waals surface area contributed by atoms with Crippen molar-refractivity contribution in [1.82, 2.24) is 4.90 Å². The van der Waals surface area contributed by atoms with Gasteiger partial charge in [0.25, 0.3) is 21.9 Å². The second-order valence-corrected chi connectivity index (χ2v) is 6.11. The van der Waals surface area contributed by atoms with Crippen LogP contribution in [0.1, 0.15) is 10.4 Å². The first-order chi connectivity index (χ1) is 11.1.